The Labute approximate surface area is 219 Å². The van der Waals surface area contributed by atoms with E-state index >= 15 is 8.78 Å². The van der Waals surface area contributed by atoms with Gasteiger partial charge in [-0.1, -0.05) is 24.3 Å². The number of hydrogen-bond acceptors (Lipinski definition) is 5. The van der Waals surface area contributed by atoms with Crippen LogP contribution in [0.25, 0.3) is 22.3 Å². The molecule has 0 aliphatic heterocycles. The molecule has 0 aliphatic carbocycles. The zero-order valence-electron chi connectivity index (χ0n) is 21.1. The first kappa shape index (κ1) is 25.4. The number of benzene rings is 3. The molecule has 2 aromatic heterocycles. The van der Waals surface area contributed by atoms with Crippen LogP contribution in [0.5, 0.6) is 11.6 Å². The van der Waals surface area contributed by atoms with Gasteiger partial charge >= 0.3 is 0 Å². The Balaban J connectivity index is 1.40. The minimum Gasteiger partial charge on any atom is -0.508 e. The number of hydrogen-bond donors (Lipinski definition) is 1. The number of pyridine rings is 1. The number of aromatic nitrogens is 3. The van der Waals surface area contributed by atoms with Gasteiger partial charge in [0.25, 0.3) is 0 Å². The molecule has 194 valence electrons. The van der Waals surface area contributed by atoms with E-state index in [-0.39, 0.29) is 41.5 Å². The van der Waals surface area contributed by atoms with E-state index in [4.69, 9.17) is 14.5 Å². The maximum Gasteiger partial charge on any atom is 0.214 e. The molecule has 5 rings (SSSR count). The Morgan fingerprint density at radius 2 is 1.74 bits per heavy atom. The van der Waals surface area contributed by atoms with E-state index in [0.29, 0.717) is 19.0 Å². The van der Waals surface area contributed by atoms with Gasteiger partial charge in [0.2, 0.25) is 5.88 Å². The maximum absolute atomic E-state index is 15.3. The molecule has 0 spiro atoms. The zero-order chi connectivity index (χ0) is 26.6. The lowest BCUT2D eigenvalue weighted by atomic mass is 10.0. The highest BCUT2D eigenvalue weighted by atomic mass is 19.1. The fourth-order valence-corrected chi connectivity index (χ4v) is 4.33. The number of halogens is 2. The Bertz CT molecular complexity index is 1580. The second-order valence-corrected chi connectivity index (χ2v) is 9.08. The lowest BCUT2D eigenvalue weighted by Crippen LogP contribution is -2.10. The number of fused-ring (bicyclic) bond motifs is 1. The summed E-state index contributed by atoms with van der Waals surface area (Å²) in [7, 11) is 1.62. The van der Waals surface area contributed by atoms with Gasteiger partial charge in [-0.15, -0.1) is 0 Å². The van der Waals surface area contributed by atoms with Crippen LogP contribution in [0.3, 0.4) is 0 Å². The molecule has 0 atom stereocenters. The summed E-state index contributed by atoms with van der Waals surface area (Å²) in [5.41, 5.74) is 4.17. The average Bonchev–Trinajstić information content (AvgIpc) is 3.25. The molecular weight excluding hydrogens is 488 g/mol. The minimum absolute atomic E-state index is 0.0462. The van der Waals surface area contributed by atoms with Crippen LogP contribution in [0.4, 0.5) is 8.78 Å². The average molecular weight is 516 g/mol. The van der Waals surface area contributed by atoms with E-state index in [1.54, 1.807) is 49.6 Å². The van der Waals surface area contributed by atoms with E-state index in [0.717, 1.165) is 22.2 Å². The predicted octanol–water partition coefficient (Wildman–Crippen LogP) is 6.21. The molecule has 2 heterocycles. The third kappa shape index (κ3) is 5.50. The third-order valence-corrected chi connectivity index (χ3v) is 6.31. The molecule has 6 nitrogen and oxygen atoms in total. The zero-order valence-corrected chi connectivity index (χ0v) is 21.1. The van der Waals surface area contributed by atoms with Crippen LogP contribution < -0.4 is 4.74 Å². The molecular formula is C30H27F2N3O3. The standard InChI is InChI=1S/C30H27F2N3O3/c1-19-6-11-27-28(14-19)35(12-13-37-2)29(33-27)16-21-15-25(32)23(17-24(21)31)26-4-3-5-30(34-26)38-18-20-7-9-22(36)10-8-20/h3-11,14-15,17,36H,12-13,16,18H2,1-2H3. The summed E-state index contributed by atoms with van der Waals surface area (Å²) in [6, 6.07) is 19.9. The Morgan fingerprint density at radius 3 is 2.53 bits per heavy atom. The van der Waals surface area contributed by atoms with Gasteiger partial charge in [0.05, 0.1) is 23.3 Å². The number of methoxy groups -OCH3 is 1. The molecule has 8 heteroatoms. The Kier molecular flexibility index (Phi) is 7.33. The summed E-state index contributed by atoms with van der Waals surface area (Å²) in [6.07, 6.45) is 0.129. The number of imidazole rings is 1. The fraction of sp³-hybridized carbons (Fsp3) is 0.200. The van der Waals surface area contributed by atoms with E-state index in [1.165, 1.54) is 12.1 Å². The normalized spacial score (nSPS) is 11.3. The molecule has 0 bridgehead atoms. The summed E-state index contributed by atoms with van der Waals surface area (Å²) < 4.78 is 43.5. The van der Waals surface area contributed by atoms with Gasteiger partial charge in [0.15, 0.2) is 0 Å². The molecule has 0 amide bonds. The number of phenolic OH excluding ortho intramolecular Hbond substituents is 1. The molecule has 0 radical (unpaired) electrons. The smallest absolute Gasteiger partial charge is 0.214 e. The van der Waals surface area contributed by atoms with Crippen LogP contribution in [-0.2, 0) is 24.3 Å². The highest BCUT2D eigenvalue weighted by molar-refractivity contribution is 5.77. The van der Waals surface area contributed by atoms with E-state index in [9.17, 15) is 5.11 Å². The van der Waals surface area contributed by atoms with Gasteiger partial charge in [0, 0.05) is 31.7 Å². The van der Waals surface area contributed by atoms with E-state index < -0.39 is 11.6 Å². The van der Waals surface area contributed by atoms with Gasteiger partial charge in [-0.2, -0.15) is 0 Å². The summed E-state index contributed by atoms with van der Waals surface area (Å²) >= 11 is 0. The molecule has 38 heavy (non-hydrogen) atoms. The summed E-state index contributed by atoms with van der Waals surface area (Å²) in [4.78, 5) is 9.06. The quantitative estimate of drug-likeness (QED) is 0.253. The van der Waals surface area contributed by atoms with E-state index in [2.05, 4.69) is 4.98 Å². The highest BCUT2D eigenvalue weighted by Crippen LogP contribution is 2.28. The van der Waals surface area contributed by atoms with Crippen LogP contribution in [0, 0.1) is 18.6 Å². The number of ether oxygens (including phenoxy) is 2. The second kappa shape index (κ2) is 11.0. The number of nitrogens with zero attached hydrogens (tertiary/aromatic N) is 3. The molecule has 0 aliphatic rings. The van der Waals surface area contributed by atoms with Crippen molar-refractivity contribution in [2.24, 2.45) is 0 Å². The van der Waals surface area contributed by atoms with Crippen molar-refractivity contribution in [3.8, 4) is 22.9 Å². The second-order valence-electron chi connectivity index (χ2n) is 9.08. The van der Waals surface area contributed by atoms with Gasteiger partial charge < -0.3 is 19.1 Å². The SMILES string of the molecule is COCCn1c(Cc2cc(F)c(-c3cccc(OCc4ccc(O)cc4)n3)cc2F)nc2ccc(C)cc21. The number of aryl methyl sites for hydroxylation is 1. The van der Waals surface area contributed by atoms with Crippen LogP contribution in [0.1, 0.15) is 22.5 Å². The van der Waals surface area contributed by atoms with Crippen molar-refractivity contribution in [1.29, 1.82) is 0 Å². The van der Waals surface area contributed by atoms with Crippen LogP contribution in [0.2, 0.25) is 0 Å². The minimum atomic E-state index is -0.583. The molecule has 5 aromatic rings. The van der Waals surface area contributed by atoms with Gasteiger partial charge in [-0.05, 0) is 66.1 Å². The van der Waals surface area contributed by atoms with Crippen LogP contribution in [-0.4, -0.2) is 33.4 Å². The summed E-state index contributed by atoms with van der Waals surface area (Å²) in [6.45, 7) is 3.24. The van der Waals surface area contributed by atoms with Crippen molar-refractivity contribution < 1.29 is 23.4 Å². The third-order valence-electron chi connectivity index (χ3n) is 6.31. The first-order chi connectivity index (χ1) is 18.4. The van der Waals surface area contributed by atoms with Crippen molar-refractivity contribution in [3.63, 3.8) is 0 Å². The molecule has 0 unspecified atom stereocenters. The largest absolute Gasteiger partial charge is 0.508 e. The van der Waals surface area contributed by atoms with Crippen LogP contribution >= 0.6 is 0 Å². The van der Waals surface area contributed by atoms with Crippen molar-refractivity contribution >= 4 is 11.0 Å². The van der Waals surface area contributed by atoms with Crippen molar-refractivity contribution in [3.05, 3.63) is 107 Å². The Hall–Kier alpha value is -4.30. The topological polar surface area (TPSA) is 69.4 Å². The first-order valence-corrected chi connectivity index (χ1v) is 12.2. The highest BCUT2D eigenvalue weighted by Gasteiger charge is 2.17. The molecule has 1 N–H and O–H groups in total. The monoisotopic (exact) mass is 515 g/mol. The number of rotatable bonds is 9. The predicted molar refractivity (Wildman–Crippen MR) is 141 cm³/mol. The van der Waals surface area contributed by atoms with Crippen molar-refractivity contribution in [2.75, 3.05) is 13.7 Å². The maximum atomic E-state index is 15.3. The lowest BCUT2D eigenvalue weighted by molar-refractivity contribution is 0.187. The summed E-state index contributed by atoms with van der Waals surface area (Å²) in [5, 5.41) is 9.42. The molecule has 0 fully saturated rings. The van der Waals surface area contributed by atoms with Crippen molar-refractivity contribution in [1.82, 2.24) is 14.5 Å². The molecule has 0 saturated heterocycles. The van der Waals surface area contributed by atoms with Gasteiger partial charge in [0.1, 0.15) is 29.8 Å². The van der Waals surface area contributed by atoms with Gasteiger partial charge in [-0.3, -0.25) is 0 Å². The lowest BCUT2D eigenvalue weighted by Gasteiger charge is -2.12. The number of aromatic hydroxyl groups is 1. The first-order valence-electron chi connectivity index (χ1n) is 12.2. The molecule has 3 aromatic carbocycles. The number of phenols is 1. The fourth-order valence-electron chi connectivity index (χ4n) is 4.33. The van der Waals surface area contributed by atoms with Crippen LogP contribution in [0.15, 0.2) is 72.8 Å². The van der Waals surface area contributed by atoms with Gasteiger partial charge in [-0.25, -0.2) is 18.7 Å². The van der Waals surface area contributed by atoms with Crippen molar-refractivity contribution in [2.45, 2.75) is 26.5 Å². The summed E-state index contributed by atoms with van der Waals surface area (Å²) in [5.74, 6) is -0.0460. The van der Waals surface area contributed by atoms with E-state index in [1.807, 2.05) is 29.7 Å². The Morgan fingerprint density at radius 1 is 0.921 bits per heavy atom. The molecule has 0 saturated carbocycles.